The molecule has 2 rings (SSSR count). The molecule has 2 fully saturated rings. The van der Waals surface area contributed by atoms with Crippen LogP contribution in [-0.2, 0) is 9.59 Å². The van der Waals surface area contributed by atoms with Gasteiger partial charge in [-0.1, -0.05) is 33.6 Å². The van der Waals surface area contributed by atoms with Gasteiger partial charge >= 0.3 is 0 Å². The van der Waals surface area contributed by atoms with Crippen LogP contribution in [0, 0.1) is 11.8 Å². The number of carbonyl (C=O) groups is 2. The fourth-order valence-corrected chi connectivity index (χ4v) is 3.85. The number of hydrogen-bond donors (Lipinski definition) is 1. The topological polar surface area (TPSA) is 49.4 Å². The van der Waals surface area contributed by atoms with E-state index in [2.05, 4.69) is 19.2 Å². The molecule has 0 bridgehead atoms. The van der Waals surface area contributed by atoms with E-state index in [1.165, 1.54) is 24.2 Å². The molecule has 4 nitrogen and oxygen atoms in total. The Labute approximate surface area is 128 Å². The number of nitrogens with one attached hydrogen (secondary N) is 1. The number of carbonyl (C=O) groups excluding carboxylic acids is 2. The lowest BCUT2D eigenvalue weighted by Crippen LogP contribution is -2.49. The minimum atomic E-state index is -0.296. The summed E-state index contributed by atoms with van der Waals surface area (Å²) < 4.78 is 0. The maximum Gasteiger partial charge on any atom is 0.247 e. The van der Waals surface area contributed by atoms with Crippen LogP contribution in [0.2, 0.25) is 0 Å². The number of amides is 2. The Morgan fingerprint density at radius 2 is 1.86 bits per heavy atom. The Hall–Kier alpha value is -0.900. The Bertz CT molecular complexity index is 394. The molecule has 1 heterocycles. The molecular weight excluding hydrogens is 264 g/mol. The van der Waals surface area contributed by atoms with Crippen molar-refractivity contribution in [3.8, 4) is 0 Å². The van der Waals surface area contributed by atoms with Crippen LogP contribution >= 0.6 is 0 Å². The molecule has 0 aromatic heterocycles. The first-order valence-electron chi connectivity index (χ1n) is 8.57. The zero-order valence-electron chi connectivity index (χ0n) is 13.9. The lowest BCUT2D eigenvalue weighted by Gasteiger charge is -2.36. The van der Waals surface area contributed by atoms with E-state index >= 15 is 0 Å². The fraction of sp³-hybridized carbons (Fsp3) is 0.882. The normalized spacial score (nSPS) is 32.0. The lowest BCUT2D eigenvalue weighted by atomic mass is 9.77. The smallest absolute Gasteiger partial charge is 0.247 e. The molecule has 0 spiro atoms. The average Bonchev–Trinajstić information content (AvgIpc) is 2.73. The largest absolute Gasteiger partial charge is 0.302 e. The molecule has 1 N–H and O–H groups in total. The third-order valence-corrected chi connectivity index (χ3v) is 5.31. The van der Waals surface area contributed by atoms with Crippen LogP contribution in [0.25, 0.3) is 0 Å². The highest BCUT2D eigenvalue weighted by Crippen LogP contribution is 2.31. The maximum atomic E-state index is 12.5. The molecule has 21 heavy (non-hydrogen) atoms. The monoisotopic (exact) mass is 294 g/mol. The molecule has 1 aliphatic carbocycles. The van der Waals surface area contributed by atoms with Crippen molar-refractivity contribution >= 4 is 11.8 Å². The van der Waals surface area contributed by atoms with Crippen molar-refractivity contribution in [2.75, 3.05) is 0 Å². The van der Waals surface area contributed by atoms with Gasteiger partial charge in [0.25, 0.3) is 0 Å². The van der Waals surface area contributed by atoms with E-state index in [0.717, 1.165) is 12.8 Å². The van der Waals surface area contributed by atoms with Crippen LogP contribution < -0.4 is 5.32 Å². The van der Waals surface area contributed by atoms with Gasteiger partial charge in [0.15, 0.2) is 0 Å². The highest BCUT2D eigenvalue weighted by atomic mass is 16.2. The zero-order valence-corrected chi connectivity index (χ0v) is 13.9. The molecule has 1 saturated carbocycles. The second-order valence-electron chi connectivity index (χ2n) is 7.08. The summed E-state index contributed by atoms with van der Waals surface area (Å²) in [5.74, 6) is 1.23. The predicted octanol–water partition coefficient (Wildman–Crippen LogP) is 2.72. The predicted molar refractivity (Wildman–Crippen MR) is 83.7 cm³/mol. The van der Waals surface area contributed by atoms with E-state index in [1.54, 1.807) is 0 Å². The summed E-state index contributed by atoms with van der Waals surface area (Å²) in [6.07, 6.45) is 6.04. The summed E-state index contributed by atoms with van der Waals surface area (Å²) >= 11 is 0. The fourth-order valence-electron chi connectivity index (χ4n) is 3.85. The van der Waals surface area contributed by atoms with Crippen molar-refractivity contribution in [1.29, 1.82) is 0 Å². The van der Waals surface area contributed by atoms with E-state index in [1.807, 2.05) is 13.8 Å². The number of imide groups is 1. The van der Waals surface area contributed by atoms with E-state index in [4.69, 9.17) is 0 Å². The maximum absolute atomic E-state index is 12.5. The van der Waals surface area contributed by atoms with Crippen LogP contribution in [0.4, 0.5) is 0 Å². The van der Waals surface area contributed by atoms with Crippen molar-refractivity contribution in [2.45, 2.75) is 84.3 Å². The summed E-state index contributed by atoms with van der Waals surface area (Å²) in [5.41, 5.74) is 0. The molecule has 1 saturated heterocycles. The van der Waals surface area contributed by atoms with E-state index in [0.29, 0.717) is 24.3 Å². The SMILES string of the molecule is CCC(C)N1C(=O)CC(NC2CCCCC2C(C)C)C1=O. The Morgan fingerprint density at radius 3 is 2.48 bits per heavy atom. The first-order chi connectivity index (χ1) is 9.95. The molecule has 4 atom stereocenters. The summed E-state index contributed by atoms with van der Waals surface area (Å²) in [7, 11) is 0. The minimum Gasteiger partial charge on any atom is -0.302 e. The third kappa shape index (κ3) is 3.47. The molecule has 0 aromatic rings. The van der Waals surface area contributed by atoms with Crippen LogP contribution in [0.1, 0.15) is 66.2 Å². The van der Waals surface area contributed by atoms with Crippen molar-refractivity contribution in [3.63, 3.8) is 0 Å². The van der Waals surface area contributed by atoms with Crippen LogP contribution in [-0.4, -0.2) is 34.8 Å². The minimum absolute atomic E-state index is 0.0104. The molecule has 120 valence electrons. The molecular formula is C17H30N2O2. The number of nitrogens with zero attached hydrogens (tertiary/aromatic N) is 1. The molecule has 0 aromatic carbocycles. The van der Waals surface area contributed by atoms with Crippen molar-refractivity contribution in [1.82, 2.24) is 10.2 Å². The summed E-state index contributed by atoms with van der Waals surface area (Å²) in [4.78, 5) is 26.1. The van der Waals surface area contributed by atoms with Gasteiger partial charge in [-0.3, -0.25) is 14.5 Å². The van der Waals surface area contributed by atoms with Crippen molar-refractivity contribution < 1.29 is 9.59 Å². The number of hydrogen-bond acceptors (Lipinski definition) is 3. The van der Waals surface area contributed by atoms with E-state index < -0.39 is 0 Å². The van der Waals surface area contributed by atoms with Crippen molar-refractivity contribution in [3.05, 3.63) is 0 Å². The van der Waals surface area contributed by atoms with Crippen LogP contribution in [0.15, 0.2) is 0 Å². The standard InChI is InChI=1S/C17H30N2O2/c1-5-12(4)19-16(20)10-15(17(19)21)18-14-9-7-6-8-13(14)11(2)3/h11-15,18H,5-10H2,1-4H3. The van der Waals surface area contributed by atoms with Crippen molar-refractivity contribution in [2.24, 2.45) is 11.8 Å². The van der Waals surface area contributed by atoms with Crippen LogP contribution in [0.5, 0.6) is 0 Å². The van der Waals surface area contributed by atoms with Gasteiger partial charge in [0.1, 0.15) is 0 Å². The average molecular weight is 294 g/mol. The number of rotatable bonds is 5. The first-order valence-corrected chi connectivity index (χ1v) is 8.57. The van der Waals surface area contributed by atoms with Crippen LogP contribution in [0.3, 0.4) is 0 Å². The van der Waals surface area contributed by atoms with E-state index in [-0.39, 0.29) is 23.9 Å². The lowest BCUT2D eigenvalue weighted by molar-refractivity contribution is -0.141. The molecule has 0 radical (unpaired) electrons. The first kappa shape index (κ1) is 16.5. The Morgan fingerprint density at radius 1 is 1.19 bits per heavy atom. The Balaban J connectivity index is 2.02. The van der Waals surface area contributed by atoms with Gasteiger partial charge in [0.05, 0.1) is 12.5 Å². The number of likely N-dealkylation sites (tertiary alicyclic amines) is 1. The molecule has 2 amide bonds. The van der Waals surface area contributed by atoms with E-state index in [9.17, 15) is 9.59 Å². The highest BCUT2D eigenvalue weighted by molar-refractivity contribution is 6.05. The second kappa shape index (κ2) is 6.91. The van der Waals surface area contributed by atoms with Gasteiger partial charge in [-0.15, -0.1) is 0 Å². The van der Waals surface area contributed by atoms with Gasteiger partial charge in [-0.05, 0) is 38.0 Å². The van der Waals surface area contributed by atoms with Gasteiger partial charge in [-0.2, -0.15) is 0 Å². The Kier molecular flexibility index (Phi) is 5.42. The summed E-state index contributed by atoms with van der Waals surface area (Å²) in [6, 6.07) is 0.109. The molecule has 4 unspecified atom stereocenters. The van der Waals surface area contributed by atoms with Gasteiger partial charge < -0.3 is 5.32 Å². The summed E-state index contributed by atoms with van der Waals surface area (Å²) in [5, 5.41) is 3.53. The molecule has 1 aliphatic heterocycles. The van der Waals surface area contributed by atoms with Gasteiger partial charge in [-0.25, -0.2) is 0 Å². The zero-order chi connectivity index (χ0) is 15.6. The quantitative estimate of drug-likeness (QED) is 0.793. The third-order valence-electron chi connectivity index (χ3n) is 5.31. The molecule has 4 heteroatoms. The van der Waals surface area contributed by atoms with Gasteiger partial charge in [0, 0.05) is 12.1 Å². The molecule has 2 aliphatic rings. The van der Waals surface area contributed by atoms with Gasteiger partial charge in [0.2, 0.25) is 11.8 Å². The summed E-state index contributed by atoms with van der Waals surface area (Å²) in [6.45, 7) is 8.49. The highest BCUT2D eigenvalue weighted by Gasteiger charge is 2.42. The second-order valence-corrected chi connectivity index (χ2v) is 7.08.